The number of halogens is 5. The first kappa shape index (κ1) is 23.8. The van der Waals surface area contributed by atoms with E-state index in [1.54, 1.807) is 0 Å². The standard InChI is InChI=1S/C17H14ClF4N7O4/c1-29-17(26-27-28-29)25-13(30)7-4-5-9(33-16(21)22)11(10(7)18)24-14(31)12-8(32-15(19)20)3-2-6-23-12/h2-6,15-16,27-28H,1H3,(H,24,31)(H,25,26,30). The third-order valence-corrected chi connectivity index (χ3v) is 4.32. The van der Waals surface area contributed by atoms with Gasteiger partial charge in [0.1, 0.15) is 5.69 Å². The van der Waals surface area contributed by atoms with Crippen molar-refractivity contribution in [2.75, 3.05) is 12.4 Å². The second kappa shape index (κ2) is 10.2. The smallest absolute Gasteiger partial charge is 0.387 e. The van der Waals surface area contributed by atoms with Crippen LogP contribution in [0.15, 0.2) is 35.6 Å². The number of anilines is 1. The van der Waals surface area contributed by atoms with E-state index in [0.29, 0.717) is 0 Å². The summed E-state index contributed by atoms with van der Waals surface area (Å²) < 4.78 is 59.6. The molecule has 0 aliphatic carbocycles. The number of nitrogens with zero attached hydrogens (tertiary/aromatic N) is 3. The number of pyridine rings is 1. The van der Waals surface area contributed by atoms with Gasteiger partial charge in [-0.25, -0.2) is 10.5 Å². The molecule has 16 heteroatoms. The van der Waals surface area contributed by atoms with Crippen molar-refractivity contribution in [1.29, 1.82) is 0 Å². The number of hydrazine groups is 2. The van der Waals surface area contributed by atoms with Crippen LogP contribution in [0.2, 0.25) is 5.02 Å². The number of nitrogens with one attached hydrogen (secondary N) is 4. The van der Waals surface area contributed by atoms with Gasteiger partial charge >= 0.3 is 13.2 Å². The SMILES string of the molecule is CN1NNN=C1NC(=O)c1ccc(OC(F)F)c(NC(=O)c2ncccc2OC(F)F)c1Cl. The Hall–Kier alpha value is -3.85. The molecule has 2 amide bonds. The van der Waals surface area contributed by atoms with Gasteiger partial charge in [-0.15, -0.1) is 10.6 Å². The second-order valence-corrected chi connectivity index (χ2v) is 6.41. The first-order valence-electron chi connectivity index (χ1n) is 8.79. The minimum Gasteiger partial charge on any atom is -0.433 e. The molecule has 0 atom stereocenters. The molecule has 4 N–H and O–H groups in total. The summed E-state index contributed by atoms with van der Waals surface area (Å²) in [6, 6.07) is 4.34. The Bertz CT molecular complexity index is 1090. The van der Waals surface area contributed by atoms with Crippen LogP contribution in [0.4, 0.5) is 23.2 Å². The zero-order valence-corrected chi connectivity index (χ0v) is 17.2. The summed E-state index contributed by atoms with van der Waals surface area (Å²) in [5.41, 5.74) is 3.56. The Morgan fingerprint density at radius 1 is 1.06 bits per heavy atom. The molecule has 0 fully saturated rings. The van der Waals surface area contributed by atoms with Crippen LogP contribution in [-0.4, -0.2) is 48.0 Å². The normalized spacial score (nSPS) is 13.0. The largest absolute Gasteiger partial charge is 0.433 e. The number of rotatable bonds is 7. The lowest BCUT2D eigenvalue weighted by Crippen LogP contribution is -2.45. The number of ether oxygens (including phenoxy) is 2. The Morgan fingerprint density at radius 3 is 2.39 bits per heavy atom. The van der Waals surface area contributed by atoms with E-state index in [9.17, 15) is 27.2 Å². The summed E-state index contributed by atoms with van der Waals surface area (Å²) >= 11 is 6.21. The van der Waals surface area contributed by atoms with Crippen LogP contribution in [0.3, 0.4) is 0 Å². The third-order valence-electron chi connectivity index (χ3n) is 3.93. The molecule has 0 unspecified atom stereocenters. The number of hydrogen-bond donors (Lipinski definition) is 4. The van der Waals surface area contributed by atoms with Gasteiger partial charge in [-0.05, 0) is 24.3 Å². The van der Waals surface area contributed by atoms with Crippen LogP contribution in [-0.2, 0) is 0 Å². The number of amides is 2. The fourth-order valence-corrected chi connectivity index (χ4v) is 2.82. The van der Waals surface area contributed by atoms with Gasteiger partial charge < -0.3 is 14.8 Å². The van der Waals surface area contributed by atoms with Gasteiger partial charge in [0.15, 0.2) is 17.2 Å². The van der Waals surface area contributed by atoms with Crippen LogP contribution < -0.4 is 31.2 Å². The van der Waals surface area contributed by atoms with Gasteiger partial charge in [0.05, 0.1) is 10.6 Å². The molecule has 1 aliphatic rings. The van der Waals surface area contributed by atoms with Crippen molar-refractivity contribution < 1.29 is 36.6 Å². The van der Waals surface area contributed by atoms with Gasteiger partial charge in [-0.3, -0.25) is 19.9 Å². The number of hydrazone groups is 1. The maximum absolute atomic E-state index is 12.9. The van der Waals surface area contributed by atoms with Crippen molar-refractivity contribution in [3.05, 3.63) is 46.7 Å². The predicted molar refractivity (Wildman–Crippen MR) is 106 cm³/mol. The van der Waals surface area contributed by atoms with Crippen LogP contribution in [0.5, 0.6) is 11.5 Å². The van der Waals surface area contributed by atoms with E-state index in [1.807, 2.05) is 0 Å². The highest BCUT2D eigenvalue weighted by Gasteiger charge is 2.25. The van der Waals surface area contributed by atoms with E-state index in [0.717, 1.165) is 24.4 Å². The highest BCUT2D eigenvalue weighted by molar-refractivity contribution is 6.37. The molecule has 0 radical (unpaired) electrons. The number of alkyl halides is 4. The van der Waals surface area contributed by atoms with Crippen LogP contribution in [0.1, 0.15) is 20.8 Å². The molecule has 2 aromatic rings. The Labute approximate surface area is 187 Å². The molecule has 1 aromatic carbocycles. The minimum atomic E-state index is -3.30. The zero-order valence-electron chi connectivity index (χ0n) is 16.4. The minimum absolute atomic E-state index is 0.0526. The number of carbonyl (C=O) groups is 2. The highest BCUT2D eigenvalue weighted by Crippen LogP contribution is 2.37. The summed E-state index contributed by atoms with van der Waals surface area (Å²) in [4.78, 5) is 28.9. The fourth-order valence-electron chi connectivity index (χ4n) is 2.53. The van der Waals surface area contributed by atoms with Crippen molar-refractivity contribution in [3.8, 4) is 11.5 Å². The first-order valence-corrected chi connectivity index (χ1v) is 9.17. The molecule has 176 valence electrons. The monoisotopic (exact) mass is 491 g/mol. The zero-order chi connectivity index (χ0) is 24.1. The average molecular weight is 492 g/mol. The maximum atomic E-state index is 12.9. The van der Waals surface area contributed by atoms with E-state index in [2.05, 4.69) is 41.3 Å². The maximum Gasteiger partial charge on any atom is 0.387 e. The number of aromatic nitrogens is 1. The lowest BCUT2D eigenvalue weighted by Gasteiger charge is -2.17. The molecule has 0 bridgehead atoms. The molecule has 33 heavy (non-hydrogen) atoms. The molecule has 0 spiro atoms. The van der Waals surface area contributed by atoms with Gasteiger partial charge in [0.25, 0.3) is 11.8 Å². The number of hydrogen-bond acceptors (Lipinski definition) is 9. The summed E-state index contributed by atoms with van der Waals surface area (Å²) in [5, 5.41) is 9.13. The van der Waals surface area contributed by atoms with E-state index in [-0.39, 0.29) is 11.5 Å². The summed E-state index contributed by atoms with van der Waals surface area (Å²) in [6.07, 6.45) is 1.12. The fraction of sp³-hybridized carbons (Fsp3) is 0.176. The topological polar surface area (TPSA) is 129 Å². The second-order valence-electron chi connectivity index (χ2n) is 6.03. The van der Waals surface area contributed by atoms with Crippen LogP contribution in [0.25, 0.3) is 0 Å². The van der Waals surface area contributed by atoms with E-state index >= 15 is 0 Å². The molecular formula is C17H14ClF4N7O4. The molecule has 2 heterocycles. The van der Waals surface area contributed by atoms with Gasteiger partial charge in [0.2, 0.25) is 5.96 Å². The van der Waals surface area contributed by atoms with E-state index in [1.165, 1.54) is 18.1 Å². The lowest BCUT2D eigenvalue weighted by atomic mass is 10.1. The van der Waals surface area contributed by atoms with Crippen LogP contribution in [0, 0.1) is 0 Å². The van der Waals surface area contributed by atoms with Crippen molar-refractivity contribution in [1.82, 2.24) is 26.4 Å². The molecular weight excluding hydrogens is 478 g/mol. The highest BCUT2D eigenvalue weighted by atomic mass is 35.5. The van der Waals surface area contributed by atoms with Crippen LogP contribution >= 0.6 is 11.6 Å². The Balaban J connectivity index is 1.94. The summed E-state index contributed by atoms with van der Waals surface area (Å²) in [5.74, 6) is -3.07. The molecule has 1 aliphatic heterocycles. The number of carbonyl (C=O) groups excluding carboxylic acids is 2. The van der Waals surface area contributed by atoms with E-state index < -0.39 is 52.9 Å². The lowest BCUT2D eigenvalue weighted by molar-refractivity contribution is -0.0508. The third kappa shape index (κ3) is 5.69. The van der Waals surface area contributed by atoms with Gasteiger partial charge in [-0.2, -0.15) is 17.6 Å². The number of benzene rings is 1. The quantitative estimate of drug-likeness (QED) is 0.434. The van der Waals surface area contributed by atoms with Crippen molar-refractivity contribution in [2.45, 2.75) is 13.2 Å². The molecule has 0 saturated carbocycles. The van der Waals surface area contributed by atoms with Gasteiger partial charge in [0, 0.05) is 13.2 Å². The predicted octanol–water partition coefficient (Wildman–Crippen LogP) is 2.15. The first-order chi connectivity index (χ1) is 15.7. The number of guanidine groups is 1. The molecule has 11 nitrogen and oxygen atoms in total. The Kier molecular flexibility index (Phi) is 7.34. The van der Waals surface area contributed by atoms with Crippen molar-refractivity contribution in [3.63, 3.8) is 0 Å². The molecule has 3 rings (SSSR count). The average Bonchev–Trinajstić information content (AvgIpc) is 3.14. The Morgan fingerprint density at radius 2 is 1.76 bits per heavy atom. The van der Waals surface area contributed by atoms with Crippen molar-refractivity contribution >= 4 is 35.1 Å². The summed E-state index contributed by atoms with van der Waals surface area (Å²) in [7, 11) is 1.53. The van der Waals surface area contributed by atoms with E-state index in [4.69, 9.17) is 11.6 Å². The summed E-state index contributed by atoms with van der Waals surface area (Å²) in [6.45, 7) is -6.56. The molecule has 1 aromatic heterocycles. The molecule has 0 saturated heterocycles. The van der Waals surface area contributed by atoms with Crippen molar-refractivity contribution in [2.24, 2.45) is 5.10 Å². The van der Waals surface area contributed by atoms with Gasteiger partial charge in [-0.1, -0.05) is 11.6 Å².